The lowest BCUT2D eigenvalue weighted by Crippen LogP contribution is -2.43. The quantitative estimate of drug-likeness (QED) is 0.193. The minimum absolute atomic E-state index is 0.0922. The van der Waals surface area contributed by atoms with Gasteiger partial charge in [-0.15, -0.1) is 0 Å². The van der Waals surface area contributed by atoms with Gasteiger partial charge in [0, 0.05) is 48.3 Å². The van der Waals surface area contributed by atoms with E-state index in [-0.39, 0.29) is 24.2 Å². The molecule has 5 N–H and O–H groups in total. The van der Waals surface area contributed by atoms with Crippen LogP contribution in [0, 0.1) is 22.9 Å². The first kappa shape index (κ1) is 19.7. The number of nitrogens with one attached hydrogen (secondary N) is 3. The molecule has 2 heterocycles. The molecule has 2 atom stereocenters. The minimum atomic E-state index is -1.32. The molecule has 0 saturated heterocycles. The monoisotopic (exact) mass is 419 g/mol. The molecule has 0 radical (unpaired) electrons. The average molecular weight is 419 g/mol. The third-order valence-electron chi connectivity index (χ3n) is 5.27. The van der Waals surface area contributed by atoms with Crippen molar-refractivity contribution in [1.82, 2.24) is 20.2 Å². The van der Waals surface area contributed by atoms with Crippen molar-refractivity contribution >= 4 is 17.6 Å². The standard InChI is InChI=1S/C19H16F3N5O3/c20-11-6-13(22)12(21)4-9(11)10-5-15-16(7-14(10)25-19(28)29)27-2-1-8(18(23)26-30)3-17(27)24-15/h1-4,6,10,14,25,30H,5,7H2,(H2,23,26)(H,28,29)/t10-,14+/m1/s1. The minimum Gasteiger partial charge on any atom is -0.465 e. The molecule has 11 heteroatoms. The van der Waals surface area contributed by atoms with Crippen molar-refractivity contribution in [3.05, 3.63) is 70.4 Å². The van der Waals surface area contributed by atoms with E-state index in [4.69, 9.17) is 10.6 Å². The van der Waals surface area contributed by atoms with Crippen molar-refractivity contribution in [1.29, 1.82) is 5.41 Å². The van der Waals surface area contributed by atoms with E-state index >= 15 is 0 Å². The Hall–Kier alpha value is -3.60. The summed E-state index contributed by atoms with van der Waals surface area (Å²) in [6.07, 6.45) is 0.532. The zero-order valence-corrected chi connectivity index (χ0v) is 15.3. The molecule has 0 saturated carbocycles. The van der Waals surface area contributed by atoms with Gasteiger partial charge in [0.25, 0.3) is 0 Å². The van der Waals surface area contributed by atoms with E-state index < -0.39 is 35.5 Å². The molecule has 0 spiro atoms. The van der Waals surface area contributed by atoms with E-state index in [2.05, 4.69) is 10.3 Å². The predicted molar refractivity (Wildman–Crippen MR) is 98.4 cm³/mol. The molecule has 3 aromatic rings. The molecule has 0 bridgehead atoms. The molecule has 4 rings (SSSR count). The number of carboxylic acid groups (broad SMARTS) is 1. The molecule has 1 aromatic carbocycles. The van der Waals surface area contributed by atoms with Crippen LogP contribution in [-0.2, 0) is 12.8 Å². The summed E-state index contributed by atoms with van der Waals surface area (Å²) in [4.78, 5) is 15.8. The highest BCUT2D eigenvalue weighted by Gasteiger charge is 2.35. The summed E-state index contributed by atoms with van der Waals surface area (Å²) in [7, 11) is 0. The molecule has 1 aliphatic rings. The average Bonchev–Trinajstić information content (AvgIpc) is 3.05. The Morgan fingerprint density at radius 2 is 1.90 bits per heavy atom. The van der Waals surface area contributed by atoms with E-state index in [1.165, 1.54) is 0 Å². The van der Waals surface area contributed by atoms with Crippen LogP contribution in [0.15, 0.2) is 30.5 Å². The van der Waals surface area contributed by atoms with Gasteiger partial charge in [0.2, 0.25) is 0 Å². The smallest absolute Gasteiger partial charge is 0.404 e. The van der Waals surface area contributed by atoms with E-state index in [9.17, 15) is 23.1 Å². The normalized spacial score (nSPS) is 18.1. The molecular weight excluding hydrogens is 403 g/mol. The highest BCUT2D eigenvalue weighted by Crippen LogP contribution is 2.35. The van der Waals surface area contributed by atoms with Gasteiger partial charge in [-0.25, -0.2) is 22.9 Å². The van der Waals surface area contributed by atoms with Crippen molar-refractivity contribution in [3.63, 3.8) is 0 Å². The van der Waals surface area contributed by atoms with Gasteiger partial charge in [0.1, 0.15) is 17.3 Å². The zero-order valence-electron chi connectivity index (χ0n) is 15.3. The van der Waals surface area contributed by atoms with Crippen LogP contribution in [-0.4, -0.2) is 37.7 Å². The third kappa shape index (κ3) is 3.32. The number of hydrogen-bond donors (Lipinski definition) is 5. The number of amides is 1. The van der Waals surface area contributed by atoms with Crippen LogP contribution in [0.4, 0.5) is 18.0 Å². The molecule has 30 heavy (non-hydrogen) atoms. The van der Waals surface area contributed by atoms with Crippen LogP contribution in [0.5, 0.6) is 0 Å². The Balaban J connectivity index is 1.80. The van der Waals surface area contributed by atoms with Gasteiger partial charge in [-0.05, 0) is 23.8 Å². The SMILES string of the molecule is N=C(NO)c1ccn2c3c(nc2c1)C[C@H](c1cc(F)c(F)cc1F)[C@@H](NC(=O)O)C3. The first-order chi connectivity index (χ1) is 14.3. The first-order valence-corrected chi connectivity index (χ1v) is 8.91. The second-order valence-electron chi connectivity index (χ2n) is 6.99. The van der Waals surface area contributed by atoms with Gasteiger partial charge in [0.05, 0.1) is 5.69 Å². The second-order valence-corrected chi connectivity index (χ2v) is 6.99. The Morgan fingerprint density at radius 1 is 1.17 bits per heavy atom. The van der Waals surface area contributed by atoms with E-state index in [0.29, 0.717) is 28.7 Å². The number of benzene rings is 1. The summed E-state index contributed by atoms with van der Waals surface area (Å²) in [5, 5.41) is 28.1. The molecule has 0 fully saturated rings. The molecule has 156 valence electrons. The summed E-state index contributed by atoms with van der Waals surface area (Å²) in [5.41, 5.74) is 3.65. The molecule has 0 unspecified atom stereocenters. The number of halogens is 3. The van der Waals surface area contributed by atoms with Crippen molar-refractivity contribution in [2.75, 3.05) is 0 Å². The highest BCUT2D eigenvalue weighted by molar-refractivity contribution is 5.96. The Labute approximate surface area is 167 Å². The van der Waals surface area contributed by atoms with Gasteiger partial charge < -0.3 is 14.8 Å². The van der Waals surface area contributed by atoms with Crippen molar-refractivity contribution in [3.8, 4) is 0 Å². The fraction of sp³-hybridized carbons (Fsp3) is 0.211. The number of carbonyl (C=O) groups is 1. The number of hydrogen-bond acceptors (Lipinski definition) is 4. The second kappa shape index (κ2) is 7.34. The lowest BCUT2D eigenvalue weighted by atomic mass is 9.80. The maximum atomic E-state index is 14.4. The van der Waals surface area contributed by atoms with E-state index in [1.54, 1.807) is 28.2 Å². The number of pyridine rings is 1. The van der Waals surface area contributed by atoms with Crippen molar-refractivity contribution in [2.24, 2.45) is 0 Å². The lowest BCUT2D eigenvalue weighted by molar-refractivity contribution is 0.186. The Kier molecular flexibility index (Phi) is 4.82. The van der Waals surface area contributed by atoms with Crippen LogP contribution < -0.4 is 10.8 Å². The van der Waals surface area contributed by atoms with Gasteiger partial charge in [-0.1, -0.05) is 0 Å². The maximum Gasteiger partial charge on any atom is 0.404 e. The molecule has 1 amide bonds. The lowest BCUT2D eigenvalue weighted by Gasteiger charge is -2.31. The first-order valence-electron chi connectivity index (χ1n) is 8.91. The van der Waals surface area contributed by atoms with E-state index in [0.717, 1.165) is 6.07 Å². The number of nitrogens with zero attached hydrogens (tertiary/aromatic N) is 2. The number of aromatic nitrogens is 2. The van der Waals surface area contributed by atoms with Crippen LogP contribution in [0.3, 0.4) is 0 Å². The zero-order chi connectivity index (χ0) is 21.6. The fourth-order valence-corrected chi connectivity index (χ4v) is 3.90. The topological polar surface area (TPSA) is 123 Å². The number of imidazole rings is 1. The largest absolute Gasteiger partial charge is 0.465 e. The van der Waals surface area contributed by atoms with Gasteiger partial charge in [-0.3, -0.25) is 16.1 Å². The molecule has 2 aromatic heterocycles. The van der Waals surface area contributed by atoms with Gasteiger partial charge in [-0.2, -0.15) is 0 Å². The molecule has 1 aliphatic carbocycles. The number of amidine groups is 1. The van der Waals surface area contributed by atoms with Crippen LogP contribution in [0.2, 0.25) is 0 Å². The Morgan fingerprint density at radius 3 is 2.60 bits per heavy atom. The number of rotatable bonds is 3. The van der Waals surface area contributed by atoms with Crippen molar-refractivity contribution < 1.29 is 28.3 Å². The van der Waals surface area contributed by atoms with Gasteiger partial charge >= 0.3 is 6.09 Å². The third-order valence-corrected chi connectivity index (χ3v) is 5.27. The summed E-state index contributed by atoms with van der Waals surface area (Å²) >= 11 is 0. The summed E-state index contributed by atoms with van der Waals surface area (Å²) < 4.78 is 43.3. The predicted octanol–water partition coefficient (Wildman–Crippen LogP) is 2.57. The fourth-order valence-electron chi connectivity index (χ4n) is 3.90. The van der Waals surface area contributed by atoms with Gasteiger partial charge in [0.15, 0.2) is 11.6 Å². The molecular formula is C19H16F3N5O3. The number of fused-ring (bicyclic) bond motifs is 3. The summed E-state index contributed by atoms with van der Waals surface area (Å²) in [6.45, 7) is 0. The van der Waals surface area contributed by atoms with Crippen LogP contribution in [0.25, 0.3) is 5.65 Å². The summed E-state index contributed by atoms with van der Waals surface area (Å²) in [6, 6.07) is 3.52. The number of hydroxylamine groups is 1. The van der Waals surface area contributed by atoms with Crippen LogP contribution >= 0.6 is 0 Å². The van der Waals surface area contributed by atoms with Crippen molar-refractivity contribution in [2.45, 2.75) is 24.8 Å². The maximum absolute atomic E-state index is 14.4. The molecule has 8 nitrogen and oxygen atoms in total. The Bertz CT molecular complexity index is 1180. The summed E-state index contributed by atoms with van der Waals surface area (Å²) in [5.74, 6) is -4.54. The van der Waals surface area contributed by atoms with Crippen LogP contribution in [0.1, 0.15) is 28.4 Å². The molecule has 0 aliphatic heterocycles. The highest BCUT2D eigenvalue weighted by atomic mass is 19.2. The van der Waals surface area contributed by atoms with E-state index in [1.807, 2.05) is 0 Å².